The minimum Gasteiger partial charge on any atom is -0.324 e. The SMILES string of the molecule is CCCC[B-](c1ccc(CC)cc1)(c1ccc(CC)cc1)c1ccc(CC)cc1.CCCC[N+](CCCC)(CCCC)CCCC. The zero-order valence-corrected chi connectivity index (χ0v) is 31.7. The van der Waals surface area contributed by atoms with Crippen LogP contribution in [0.2, 0.25) is 6.32 Å². The molecule has 0 saturated heterocycles. The molecule has 3 aromatic rings. The molecule has 46 heavy (non-hydrogen) atoms. The van der Waals surface area contributed by atoms with Crippen molar-refractivity contribution in [2.75, 3.05) is 26.2 Å². The van der Waals surface area contributed by atoms with Gasteiger partial charge in [0.15, 0.2) is 0 Å². The van der Waals surface area contributed by atoms with Gasteiger partial charge in [-0.25, -0.2) is 0 Å². The van der Waals surface area contributed by atoms with Crippen molar-refractivity contribution < 1.29 is 4.48 Å². The highest BCUT2D eigenvalue weighted by molar-refractivity contribution is 7.11. The third kappa shape index (κ3) is 11.7. The smallest absolute Gasteiger partial charge is 0.0814 e. The zero-order valence-electron chi connectivity index (χ0n) is 31.7. The maximum atomic E-state index is 2.40. The molecule has 256 valence electrons. The molecular weight excluding hydrogens is 553 g/mol. The third-order valence-corrected chi connectivity index (χ3v) is 10.8. The van der Waals surface area contributed by atoms with Crippen LogP contribution in [-0.4, -0.2) is 36.8 Å². The van der Waals surface area contributed by atoms with Crippen molar-refractivity contribution in [2.24, 2.45) is 0 Å². The van der Waals surface area contributed by atoms with Crippen LogP contribution >= 0.6 is 0 Å². The average molecular weight is 626 g/mol. The monoisotopic (exact) mass is 626 g/mol. The predicted octanol–water partition coefficient (Wildman–Crippen LogP) is 10.6. The molecule has 0 spiro atoms. The molecule has 0 heterocycles. The van der Waals surface area contributed by atoms with Crippen LogP contribution in [0.1, 0.15) is 136 Å². The van der Waals surface area contributed by atoms with Crippen molar-refractivity contribution in [2.45, 2.75) is 145 Å². The van der Waals surface area contributed by atoms with Crippen LogP contribution in [0.3, 0.4) is 0 Å². The Labute approximate surface area is 287 Å². The van der Waals surface area contributed by atoms with E-state index in [9.17, 15) is 0 Å². The van der Waals surface area contributed by atoms with Crippen LogP contribution in [0.4, 0.5) is 0 Å². The third-order valence-electron chi connectivity index (χ3n) is 10.8. The van der Waals surface area contributed by atoms with Gasteiger partial charge < -0.3 is 4.48 Å². The molecule has 0 aromatic heterocycles. The molecule has 0 aliphatic heterocycles. The highest BCUT2D eigenvalue weighted by atomic mass is 15.3. The molecule has 0 saturated carbocycles. The molecule has 0 unspecified atom stereocenters. The van der Waals surface area contributed by atoms with E-state index in [1.165, 1.54) is 134 Å². The average Bonchev–Trinajstić information content (AvgIpc) is 3.12. The predicted molar refractivity (Wildman–Crippen MR) is 211 cm³/mol. The Bertz CT molecular complexity index is 1010. The van der Waals surface area contributed by atoms with E-state index in [-0.39, 0.29) is 0 Å². The molecule has 1 nitrogen and oxygen atoms in total. The zero-order chi connectivity index (χ0) is 33.7. The number of hydrogen-bond acceptors (Lipinski definition) is 0. The van der Waals surface area contributed by atoms with Gasteiger partial charge in [-0.15, -0.1) is 0 Å². The summed E-state index contributed by atoms with van der Waals surface area (Å²) in [7, 11) is 0. The van der Waals surface area contributed by atoms with Crippen LogP contribution in [0.15, 0.2) is 72.8 Å². The summed E-state index contributed by atoms with van der Waals surface area (Å²) in [6, 6.07) is 28.4. The van der Waals surface area contributed by atoms with Crippen molar-refractivity contribution in [3.63, 3.8) is 0 Å². The lowest BCUT2D eigenvalue weighted by Gasteiger charge is -2.43. The number of rotatable bonds is 21. The van der Waals surface area contributed by atoms with Gasteiger partial charge in [0, 0.05) is 0 Å². The summed E-state index contributed by atoms with van der Waals surface area (Å²) in [5, 5.41) is 0. The second kappa shape index (κ2) is 22.3. The van der Waals surface area contributed by atoms with Crippen molar-refractivity contribution in [3.05, 3.63) is 89.5 Å². The van der Waals surface area contributed by atoms with E-state index in [1.54, 1.807) is 0 Å². The highest BCUT2D eigenvalue weighted by Gasteiger charge is 2.29. The van der Waals surface area contributed by atoms with Gasteiger partial charge in [-0.05, 0) is 61.6 Å². The van der Waals surface area contributed by atoms with E-state index in [0.29, 0.717) is 0 Å². The summed E-state index contributed by atoms with van der Waals surface area (Å²) in [5.74, 6) is 0. The standard InChI is InChI=1S/C28H36B.C16H36N/c1-5-9-22-29(26-16-10-23(6-2)11-17-26,27-18-12-24(7-3)13-19-27)28-20-14-25(8-4)15-21-28;1-5-9-13-17(14-10-6-2,15-11-7-3)16-12-8-4/h10-21H,5-9,22H2,1-4H3;5-16H2,1-4H3/q-1;+1. The molecule has 0 N–H and O–H groups in total. The Morgan fingerprint density at radius 1 is 0.370 bits per heavy atom. The quantitative estimate of drug-likeness (QED) is 0.0816. The van der Waals surface area contributed by atoms with E-state index < -0.39 is 6.15 Å². The molecular formula is C44H72BN. The molecule has 0 aliphatic carbocycles. The van der Waals surface area contributed by atoms with E-state index in [4.69, 9.17) is 0 Å². The highest BCUT2D eigenvalue weighted by Crippen LogP contribution is 2.19. The first-order valence-electron chi connectivity index (χ1n) is 19.7. The number of hydrogen-bond donors (Lipinski definition) is 0. The van der Waals surface area contributed by atoms with Crippen LogP contribution in [0.25, 0.3) is 0 Å². The summed E-state index contributed by atoms with van der Waals surface area (Å²) in [4.78, 5) is 0. The molecule has 0 fully saturated rings. The van der Waals surface area contributed by atoms with Crippen molar-refractivity contribution >= 4 is 22.5 Å². The number of nitrogens with zero attached hydrogens (tertiary/aromatic N) is 1. The maximum absolute atomic E-state index is 2.40. The van der Waals surface area contributed by atoms with E-state index in [0.717, 1.165) is 19.3 Å². The molecule has 0 amide bonds. The van der Waals surface area contributed by atoms with Crippen LogP contribution in [-0.2, 0) is 19.3 Å². The summed E-state index contributed by atoms with van der Waals surface area (Å²) < 4.78 is 1.42. The lowest BCUT2D eigenvalue weighted by Crippen LogP contribution is -2.67. The van der Waals surface area contributed by atoms with Gasteiger partial charge >= 0.3 is 0 Å². The number of benzene rings is 3. The molecule has 2 heteroatoms. The maximum Gasteiger partial charge on any atom is 0.0814 e. The van der Waals surface area contributed by atoms with Crippen molar-refractivity contribution in [1.29, 1.82) is 0 Å². The van der Waals surface area contributed by atoms with Crippen LogP contribution in [0, 0.1) is 0 Å². The van der Waals surface area contributed by atoms with Gasteiger partial charge in [0.2, 0.25) is 0 Å². The fourth-order valence-corrected chi connectivity index (χ4v) is 7.48. The lowest BCUT2D eigenvalue weighted by molar-refractivity contribution is -0.929. The fraction of sp³-hybridized carbons (Fsp3) is 0.591. The second-order valence-electron chi connectivity index (χ2n) is 14.1. The summed E-state index contributed by atoms with van der Waals surface area (Å²) >= 11 is 0. The first kappa shape index (κ1) is 39.9. The van der Waals surface area contributed by atoms with Crippen molar-refractivity contribution in [3.8, 4) is 0 Å². The van der Waals surface area contributed by atoms with Crippen molar-refractivity contribution in [1.82, 2.24) is 0 Å². The number of quaternary nitrogens is 1. The Morgan fingerprint density at radius 3 is 0.848 bits per heavy atom. The number of unbranched alkanes of at least 4 members (excludes halogenated alkanes) is 5. The van der Waals surface area contributed by atoms with Gasteiger partial charge in [0.25, 0.3) is 0 Å². The first-order chi connectivity index (χ1) is 22.4. The Kier molecular flexibility index (Phi) is 19.3. The molecule has 3 aromatic carbocycles. The Hall–Kier alpha value is -2.32. The van der Waals surface area contributed by atoms with E-state index >= 15 is 0 Å². The minimum absolute atomic E-state index is 0.976. The molecule has 0 atom stereocenters. The van der Waals surface area contributed by atoms with Crippen LogP contribution < -0.4 is 16.4 Å². The van der Waals surface area contributed by atoms with Gasteiger partial charge in [-0.1, -0.05) is 167 Å². The molecule has 0 radical (unpaired) electrons. The molecule has 3 rings (SSSR count). The van der Waals surface area contributed by atoms with E-state index in [2.05, 4.69) is 128 Å². The summed E-state index contributed by atoms with van der Waals surface area (Å²) in [6.07, 6.45) is 17.0. The molecule has 0 bridgehead atoms. The molecule has 0 aliphatic rings. The van der Waals surface area contributed by atoms with Gasteiger partial charge in [0.05, 0.1) is 32.3 Å². The fourth-order valence-electron chi connectivity index (χ4n) is 7.48. The lowest BCUT2D eigenvalue weighted by atomic mass is 9.14. The first-order valence-corrected chi connectivity index (χ1v) is 19.7. The normalized spacial score (nSPS) is 11.7. The summed E-state index contributed by atoms with van der Waals surface area (Å²) in [5.41, 5.74) is 8.67. The van der Waals surface area contributed by atoms with E-state index in [1.807, 2.05) is 0 Å². The Morgan fingerprint density at radius 2 is 0.630 bits per heavy atom. The largest absolute Gasteiger partial charge is 0.324 e. The van der Waals surface area contributed by atoms with Gasteiger partial charge in [-0.3, -0.25) is 0 Å². The van der Waals surface area contributed by atoms with Gasteiger partial charge in [0.1, 0.15) is 0 Å². The van der Waals surface area contributed by atoms with Crippen LogP contribution in [0.5, 0.6) is 0 Å². The number of aryl methyl sites for hydroxylation is 3. The summed E-state index contributed by atoms with van der Waals surface area (Å²) in [6.45, 7) is 24.0. The topological polar surface area (TPSA) is 0 Å². The minimum atomic E-state index is -0.976. The Balaban J connectivity index is 0.000000372. The second-order valence-corrected chi connectivity index (χ2v) is 14.1. The van der Waals surface area contributed by atoms with Gasteiger partial charge in [-0.2, -0.15) is 22.7 Å².